The van der Waals surface area contributed by atoms with Crippen LogP contribution in [0.1, 0.15) is 23.7 Å². The molecule has 5 heteroatoms. The molecule has 24 heavy (non-hydrogen) atoms. The number of hydrogen-bond donors (Lipinski definition) is 1. The molecule has 0 amide bonds. The molecule has 2 aromatic carbocycles. The highest BCUT2D eigenvalue weighted by Crippen LogP contribution is 2.32. The predicted molar refractivity (Wildman–Crippen MR) is 95.0 cm³/mol. The van der Waals surface area contributed by atoms with E-state index in [1.54, 1.807) is 12.1 Å². The number of nitrogens with zero attached hydrogens (tertiary/aromatic N) is 1. The minimum absolute atomic E-state index is 0.206. The molecule has 0 aliphatic rings. The van der Waals surface area contributed by atoms with Gasteiger partial charge in [0.1, 0.15) is 11.5 Å². The van der Waals surface area contributed by atoms with Crippen molar-refractivity contribution in [2.45, 2.75) is 19.8 Å². The Hall–Kier alpha value is -2.59. The minimum Gasteiger partial charge on any atom is -0.456 e. The summed E-state index contributed by atoms with van der Waals surface area (Å²) in [6, 6.07) is 16.7. The van der Waals surface area contributed by atoms with E-state index in [-0.39, 0.29) is 5.56 Å². The summed E-state index contributed by atoms with van der Waals surface area (Å²) in [6.45, 7) is 2.08. The lowest BCUT2D eigenvalue weighted by Crippen LogP contribution is -2.07. The van der Waals surface area contributed by atoms with Crippen molar-refractivity contribution in [1.29, 1.82) is 0 Å². The largest absolute Gasteiger partial charge is 0.456 e. The number of ether oxygens (including phenoxy) is 1. The molecular weight excluding hydrogens is 324 g/mol. The van der Waals surface area contributed by atoms with Crippen LogP contribution in [0.2, 0.25) is 5.02 Å². The van der Waals surface area contributed by atoms with Crippen LogP contribution in [0.3, 0.4) is 0 Å². The maximum atomic E-state index is 11.1. The smallest absolute Gasteiger partial charge is 0.264 e. The molecule has 0 spiro atoms. The second kappa shape index (κ2) is 7.32. The van der Waals surface area contributed by atoms with E-state index in [1.807, 2.05) is 36.4 Å². The first-order valence-electron chi connectivity index (χ1n) is 7.74. The molecule has 0 aliphatic heterocycles. The molecule has 122 valence electrons. The summed E-state index contributed by atoms with van der Waals surface area (Å²) >= 11 is 6.19. The Balaban J connectivity index is 1.89. The van der Waals surface area contributed by atoms with Crippen LogP contribution < -0.4 is 10.3 Å². The van der Waals surface area contributed by atoms with Gasteiger partial charge < -0.3 is 4.74 Å². The van der Waals surface area contributed by atoms with Crippen molar-refractivity contribution in [1.82, 2.24) is 10.2 Å². The number of aromatic nitrogens is 2. The second-order valence-electron chi connectivity index (χ2n) is 5.42. The van der Waals surface area contributed by atoms with Crippen molar-refractivity contribution in [2.75, 3.05) is 0 Å². The van der Waals surface area contributed by atoms with E-state index < -0.39 is 0 Å². The molecule has 3 rings (SSSR count). The first-order chi connectivity index (χ1) is 11.7. The maximum Gasteiger partial charge on any atom is 0.264 e. The summed E-state index contributed by atoms with van der Waals surface area (Å²) in [6.07, 6.45) is 1.47. The normalized spacial score (nSPS) is 10.6. The van der Waals surface area contributed by atoms with E-state index in [9.17, 15) is 4.79 Å². The molecule has 0 saturated carbocycles. The van der Waals surface area contributed by atoms with Crippen molar-refractivity contribution in [3.63, 3.8) is 0 Å². The summed E-state index contributed by atoms with van der Waals surface area (Å²) in [5, 5.41) is 7.07. The number of rotatable bonds is 5. The maximum absolute atomic E-state index is 11.1. The van der Waals surface area contributed by atoms with Gasteiger partial charge in [-0.05, 0) is 41.8 Å². The van der Waals surface area contributed by atoms with Gasteiger partial charge in [-0.1, -0.05) is 42.8 Å². The molecule has 0 atom stereocenters. The van der Waals surface area contributed by atoms with Crippen LogP contribution in [0.4, 0.5) is 0 Å². The number of hydrogen-bond acceptors (Lipinski definition) is 3. The predicted octanol–water partition coefficient (Wildman–Crippen LogP) is 4.37. The highest BCUT2D eigenvalue weighted by Gasteiger charge is 2.09. The highest BCUT2D eigenvalue weighted by molar-refractivity contribution is 6.32. The fourth-order valence-corrected chi connectivity index (χ4v) is 2.60. The van der Waals surface area contributed by atoms with E-state index in [1.165, 1.54) is 6.07 Å². The van der Waals surface area contributed by atoms with Crippen LogP contribution in [0, 0.1) is 0 Å². The van der Waals surface area contributed by atoms with Gasteiger partial charge in [0, 0.05) is 12.5 Å². The molecular formula is C19H17ClN2O2. The van der Waals surface area contributed by atoms with Crippen molar-refractivity contribution in [3.05, 3.63) is 86.8 Å². The quantitative estimate of drug-likeness (QED) is 0.750. The lowest BCUT2D eigenvalue weighted by molar-refractivity contribution is 0.476. The third-order valence-electron chi connectivity index (χ3n) is 3.69. The average molecular weight is 341 g/mol. The zero-order valence-corrected chi connectivity index (χ0v) is 14.0. The third-order valence-corrected chi connectivity index (χ3v) is 4.00. The zero-order chi connectivity index (χ0) is 16.9. The number of H-pyrrole nitrogens is 1. The van der Waals surface area contributed by atoms with Gasteiger partial charge in [-0.15, -0.1) is 0 Å². The Morgan fingerprint density at radius 3 is 2.62 bits per heavy atom. The van der Waals surface area contributed by atoms with E-state index in [0.717, 1.165) is 29.0 Å². The van der Waals surface area contributed by atoms with Crippen LogP contribution in [0.15, 0.2) is 59.4 Å². The second-order valence-corrected chi connectivity index (χ2v) is 5.82. The SMILES string of the molecule is CCc1ccc(Cc2ccc(=O)[nH]n2)cc1Oc1ccccc1Cl. The fourth-order valence-electron chi connectivity index (χ4n) is 2.42. The lowest BCUT2D eigenvalue weighted by Gasteiger charge is -2.13. The van der Waals surface area contributed by atoms with Gasteiger partial charge in [0.05, 0.1) is 10.7 Å². The number of benzene rings is 2. The topological polar surface area (TPSA) is 55.0 Å². The standard InChI is InChI=1S/C19H17ClN2O2/c1-2-14-8-7-13(11-15-9-10-19(23)22-21-15)12-18(14)24-17-6-4-3-5-16(17)20/h3-10,12H,2,11H2,1H3,(H,22,23). The fraction of sp³-hybridized carbons (Fsp3) is 0.158. The number of aryl methyl sites for hydroxylation is 1. The molecule has 0 bridgehead atoms. The third kappa shape index (κ3) is 3.84. The van der Waals surface area contributed by atoms with E-state index in [4.69, 9.17) is 16.3 Å². The first-order valence-corrected chi connectivity index (χ1v) is 8.12. The van der Waals surface area contributed by atoms with Gasteiger partial charge in [-0.25, -0.2) is 5.10 Å². The Labute approximate surface area is 145 Å². The summed E-state index contributed by atoms with van der Waals surface area (Å²) in [5.74, 6) is 1.42. The number of aromatic amines is 1. The van der Waals surface area contributed by atoms with Crippen molar-refractivity contribution in [2.24, 2.45) is 0 Å². The molecule has 1 aromatic heterocycles. The summed E-state index contributed by atoms with van der Waals surface area (Å²) < 4.78 is 6.02. The van der Waals surface area contributed by atoms with E-state index in [2.05, 4.69) is 17.1 Å². The lowest BCUT2D eigenvalue weighted by atomic mass is 10.0. The van der Waals surface area contributed by atoms with Crippen LogP contribution in [-0.4, -0.2) is 10.2 Å². The molecule has 1 heterocycles. The molecule has 0 radical (unpaired) electrons. The molecule has 0 saturated heterocycles. The van der Waals surface area contributed by atoms with Gasteiger partial charge in [0.25, 0.3) is 5.56 Å². The number of nitrogens with one attached hydrogen (secondary N) is 1. The van der Waals surface area contributed by atoms with Crippen LogP contribution >= 0.6 is 11.6 Å². The zero-order valence-electron chi connectivity index (χ0n) is 13.3. The number of para-hydroxylation sites is 1. The van der Waals surface area contributed by atoms with Crippen LogP contribution in [0.5, 0.6) is 11.5 Å². The number of halogens is 1. The van der Waals surface area contributed by atoms with E-state index >= 15 is 0 Å². The van der Waals surface area contributed by atoms with Gasteiger partial charge >= 0.3 is 0 Å². The molecule has 0 fully saturated rings. The molecule has 0 aliphatic carbocycles. The highest BCUT2D eigenvalue weighted by atomic mass is 35.5. The van der Waals surface area contributed by atoms with Crippen LogP contribution in [0.25, 0.3) is 0 Å². The monoisotopic (exact) mass is 340 g/mol. The average Bonchev–Trinajstić information content (AvgIpc) is 2.59. The van der Waals surface area contributed by atoms with E-state index in [0.29, 0.717) is 17.2 Å². The molecule has 3 aromatic rings. The van der Waals surface area contributed by atoms with Crippen molar-refractivity contribution < 1.29 is 4.74 Å². The van der Waals surface area contributed by atoms with Crippen molar-refractivity contribution >= 4 is 11.6 Å². The van der Waals surface area contributed by atoms with Gasteiger partial charge in [0.2, 0.25) is 0 Å². The minimum atomic E-state index is -0.206. The molecule has 4 nitrogen and oxygen atoms in total. The molecule has 0 unspecified atom stereocenters. The Kier molecular flexibility index (Phi) is 4.96. The molecule has 1 N–H and O–H groups in total. The van der Waals surface area contributed by atoms with Crippen LogP contribution in [-0.2, 0) is 12.8 Å². The summed E-state index contributed by atoms with van der Waals surface area (Å²) in [4.78, 5) is 11.1. The Morgan fingerprint density at radius 1 is 1.08 bits per heavy atom. The van der Waals surface area contributed by atoms with Crippen molar-refractivity contribution in [3.8, 4) is 11.5 Å². The summed E-state index contributed by atoms with van der Waals surface area (Å²) in [5.41, 5.74) is 2.74. The first kappa shape index (κ1) is 16.3. The van der Waals surface area contributed by atoms with Gasteiger partial charge in [-0.3, -0.25) is 4.79 Å². The van der Waals surface area contributed by atoms with Gasteiger partial charge in [-0.2, -0.15) is 5.10 Å². The summed E-state index contributed by atoms with van der Waals surface area (Å²) in [7, 11) is 0. The Bertz CT molecular complexity index is 885. The Morgan fingerprint density at radius 2 is 1.92 bits per heavy atom. The van der Waals surface area contributed by atoms with Gasteiger partial charge in [0.15, 0.2) is 0 Å².